The minimum Gasteiger partial charge on any atom is -0.307 e. The first-order chi connectivity index (χ1) is 14.7. The van der Waals surface area contributed by atoms with Crippen molar-refractivity contribution in [3.8, 4) is 0 Å². The lowest BCUT2D eigenvalue weighted by Crippen LogP contribution is -2.48. The van der Waals surface area contributed by atoms with Crippen LogP contribution in [0, 0.1) is 13.8 Å². The molecule has 0 radical (unpaired) electrons. The van der Waals surface area contributed by atoms with Crippen LogP contribution in [0.3, 0.4) is 0 Å². The lowest BCUT2D eigenvalue weighted by atomic mass is 10.1. The average Bonchev–Trinajstić information content (AvgIpc) is 2.72. The van der Waals surface area contributed by atoms with Gasteiger partial charge in [0.15, 0.2) is 0 Å². The van der Waals surface area contributed by atoms with Gasteiger partial charge in [-0.25, -0.2) is 17.9 Å². The lowest BCUT2D eigenvalue weighted by Gasteiger charge is -2.31. The first kappa shape index (κ1) is 22.9. The largest absolute Gasteiger partial charge is 0.325 e. The van der Waals surface area contributed by atoms with Gasteiger partial charge in [-0.2, -0.15) is 0 Å². The lowest BCUT2D eigenvalue weighted by molar-refractivity contribution is -0.121. The van der Waals surface area contributed by atoms with Gasteiger partial charge in [-0.15, -0.1) is 0 Å². The molecule has 1 fully saturated rings. The van der Waals surface area contributed by atoms with Crippen LogP contribution in [0.4, 0.5) is 10.5 Å². The Bertz CT molecular complexity index is 1030. The summed E-state index contributed by atoms with van der Waals surface area (Å²) >= 11 is 0. The number of amides is 3. The zero-order valence-corrected chi connectivity index (χ0v) is 18.5. The quantitative estimate of drug-likeness (QED) is 0.634. The van der Waals surface area contributed by atoms with E-state index in [9.17, 15) is 18.0 Å². The maximum atomic E-state index is 12.4. The van der Waals surface area contributed by atoms with Crippen molar-refractivity contribution in [1.82, 2.24) is 14.9 Å². The number of aryl methyl sites for hydroxylation is 2. The number of rotatable bonds is 6. The van der Waals surface area contributed by atoms with Crippen LogP contribution in [-0.4, -0.2) is 50.9 Å². The summed E-state index contributed by atoms with van der Waals surface area (Å²) < 4.78 is 27.6. The van der Waals surface area contributed by atoms with Crippen LogP contribution in [0.25, 0.3) is 0 Å². The van der Waals surface area contributed by atoms with E-state index in [1.54, 1.807) is 36.4 Å². The molecule has 0 aromatic heterocycles. The van der Waals surface area contributed by atoms with Gasteiger partial charge in [-0.05, 0) is 50.5 Å². The van der Waals surface area contributed by atoms with Gasteiger partial charge in [0.2, 0.25) is 15.9 Å². The Morgan fingerprint density at radius 3 is 2.35 bits per heavy atom. The predicted molar refractivity (Wildman–Crippen MR) is 119 cm³/mol. The Labute approximate surface area is 183 Å². The number of hydrogen-bond acceptors (Lipinski definition) is 5. The summed E-state index contributed by atoms with van der Waals surface area (Å²) in [6.45, 7) is 5.07. The molecule has 3 N–H and O–H groups in total. The molecule has 0 atom stereocenters. The number of nitrogens with zero attached hydrogens (tertiary/aromatic N) is 1. The molecule has 1 saturated heterocycles. The number of nitrogens with one attached hydrogen (secondary N) is 3. The molecule has 9 heteroatoms. The molecule has 1 heterocycles. The summed E-state index contributed by atoms with van der Waals surface area (Å²) in [5.74, 6) is -0.398. The highest BCUT2D eigenvalue weighted by atomic mass is 32.2. The van der Waals surface area contributed by atoms with Crippen LogP contribution < -0.4 is 15.4 Å². The zero-order valence-electron chi connectivity index (χ0n) is 17.7. The molecule has 31 heavy (non-hydrogen) atoms. The summed E-state index contributed by atoms with van der Waals surface area (Å²) in [5.41, 5.74) is 2.67. The number of anilines is 1. The van der Waals surface area contributed by atoms with Gasteiger partial charge < -0.3 is 5.32 Å². The molecule has 8 nitrogen and oxygen atoms in total. The van der Waals surface area contributed by atoms with Gasteiger partial charge in [0.05, 0.1) is 11.4 Å². The summed E-state index contributed by atoms with van der Waals surface area (Å²) in [6, 6.07) is 13.2. The van der Waals surface area contributed by atoms with Crippen molar-refractivity contribution in [3.63, 3.8) is 0 Å². The average molecular weight is 445 g/mol. The molecule has 3 rings (SSSR count). The molecular weight excluding hydrogens is 416 g/mol. The van der Waals surface area contributed by atoms with Gasteiger partial charge in [-0.1, -0.05) is 35.9 Å². The molecule has 0 spiro atoms. The molecule has 2 aromatic carbocycles. The monoisotopic (exact) mass is 444 g/mol. The molecule has 0 bridgehead atoms. The molecule has 166 valence electrons. The summed E-state index contributed by atoms with van der Waals surface area (Å²) in [6.07, 6.45) is 1.18. The van der Waals surface area contributed by atoms with Crippen LogP contribution in [0.2, 0.25) is 0 Å². The third-order valence-electron chi connectivity index (χ3n) is 5.21. The van der Waals surface area contributed by atoms with Crippen molar-refractivity contribution in [1.29, 1.82) is 0 Å². The van der Waals surface area contributed by atoms with E-state index >= 15 is 0 Å². The number of piperidine rings is 1. The number of imide groups is 1. The fourth-order valence-electron chi connectivity index (χ4n) is 3.57. The van der Waals surface area contributed by atoms with E-state index in [0.29, 0.717) is 31.6 Å². The molecule has 0 saturated carbocycles. The van der Waals surface area contributed by atoms with Gasteiger partial charge in [0, 0.05) is 24.8 Å². The summed E-state index contributed by atoms with van der Waals surface area (Å²) in [7, 11) is -3.55. The van der Waals surface area contributed by atoms with E-state index < -0.39 is 22.0 Å². The minimum atomic E-state index is -3.55. The van der Waals surface area contributed by atoms with Crippen molar-refractivity contribution in [2.24, 2.45) is 0 Å². The predicted octanol–water partition coefficient (Wildman–Crippen LogP) is 2.39. The molecule has 1 aliphatic rings. The Kier molecular flexibility index (Phi) is 7.42. The standard InChI is InChI=1S/C22H28N4O4S/c1-16-8-9-20(17(2)14-16)23-22(28)24-21(27)15-26-12-10-18(11-13-26)25-31(29,30)19-6-4-3-5-7-19/h3-9,14,18,25H,10-13,15H2,1-2H3,(H2,23,24,27,28). The van der Waals surface area contributed by atoms with E-state index in [-0.39, 0.29) is 17.5 Å². The number of likely N-dealkylation sites (tertiary alicyclic amines) is 1. The van der Waals surface area contributed by atoms with E-state index in [1.807, 2.05) is 30.9 Å². The SMILES string of the molecule is Cc1ccc(NC(=O)NC(=O)CN2CCC(NS(=O)(=O)c3ccccc3)CC2)c(C)c1. The maximum absolute atomic E-state index is 12.4. The second-order valence-electron chi connectivity index (χ2n) is 7.81. The van der Waals surface area contributed by atoms with Gasteiger partial charge >= 0.3 is 6.03 Å². The zero-order chi connectivity index (χ0) is 22.4. The Balaban J connectivity index is 1.43. The van der Waals surface area contributed by atoms with E-state index in [1.165, 1.54) is 0 Å². The summed E-state index contributed by atoms with van der Waals surface area (Å²) in [5, 5.41) is 5.03. The Hall–Kier alpha value is -2.75. The third kappa shape index (κ3) is 6.61. The van der Waals surface area contributed by atoms with Crippen molar-refractivity contribution < 1.29 is 18.0 Å². The third-order valence-corrected chi connectivity index (χ3v) is 6.75. The molecule has 0 unspecified atom stereocenters. The smallest absolute Gasteiger partial charge is 0.307 e. The topological polar surface area (TPSA) is 108 Å². The molecule has 0 aliphatic carbocycles. The fraction of sp³-hybridized carbons (Fsp3) is 0.364. The fourth-order valence-corrected chi connectivity index (χ4v) is 4.90. The Morgan fingerprint density at radius 1 is 1.03 bits per heavy atom. The minimum absolute atomic E-state index is 0.0818. The second kappa shape index (κ2) is 10.0. The van der Waals surface area contributed by atoms with Gasteiger partial charge in [0.25, 0.3) is 0 Å². The number of sulfonamides is 1. The molecular formula is C22H28N4O4S. The van der Waals surface area contributed by atoms with E-state index in [2.05, 4.69) is 15.4 Å². The Morgan fingerprint density at radius 2 is 1.71 bits per heavy atom. The number of benzene rings is 2. The van der Waals surface area contributed by atoms with Crippen LogP contribution in [0.5, 0.6) is 0 Å². The van der Waals surface area contributed by atoms with Gasteiger partial charge in [-0.3, -0.25) is 15.0 Å². The molecule has 3 amide bonds. The van der Waals surface area contributed by atoms with Gasteiger partial charge in [0.1, 0.15) is 0 Å². The molecule has 2 aromatic rings. The number of urea groups is 1. The molecule has 1 aliphatic heterocycles. The van der Waals surface area contributed by atoms with E-state index in [0.717, 1.165) is 11.1 Å². The van der Waals surface area contributed by atoms with Crippen molar-refractivity contribution in [3.05, 3.63) is 59.7 Å². The number of hydrogen-bond donors (Lipinski definition) is 3. The number of carbonyl (C=O) groups excluding carboxylic acids is 2. The highest BCUT2D eigenvalue weighted by Crippen LogP contribution is 2.16. The normalized spacial score (nSPS) is 15.4. The van der Waals surface area contributed by atoms with Crippen LogP contribution in [-0.2, 0) is 14.8 Å². The second-order valence-corrected chi connectivity index (χ2v) is 9.52. The first-order valence-corrected chi connectivity index (χ1v) is 11.7. The van der Waals surface area contributed by atoms with Crippen LogP contribution in [0.15, 0.2) is 53.4 Å². The summed E-state index contributed by atoms with van der Waals surface area (Å²) in [4.78, 5) is 26.5. The van der Waals surface area contributed by atoms with Crippen molar-refractivity contribution >= 4 is 27.6 Å². The first-order valence-electron chi connectivity index (χ1n) is 10.2. The number of carbonyl (C=O) groups is 2. The highest BCUT2D eigenvalue weighted by molar-refractivity contribution is 7.89. The van der Waals surface area contributed by atoms with Crippen LogP contribution >= 0.6 is 0 Å². The maximum Gasteiger partial charge on any atom is 0.325 e. The van der Waals surface area contributed by atoms with E-state index in [4.69, 9.17) is 0 Å². The highest BCUT2D eigenvalue weighted by Gasteiger charge is 2.25. The van der Waals surface area contributed by atoms with Crippen molar-refractivity contribution in [2.45, 2.75) is 37.6 Å². The van der Waals surface area contributed by atoms with Crippen molar-refractivity contribution in [2.75, 3.05) is 25.0 Å². The van der Waals surface area contributed by atoms with Crippen LogP contribution in [0.1, 0.15) is 24.0 Å².